The quantitative estimate of drug-likeness (QED) is 0.746. The molecule has 0 unspecified atom stereocenters. The zero-order valence-corrected chi connectivity index (χ0v) is 16.4. The second kappa shape index (κ2) is 8.89. The van der Waals surface area contributed by atoms with Gasteiger partial charge < -0.3 is 10.1 Å². The van der Waals surface area contributed by atoms with Gasteiger partial charge in [-0.3, -0.25) is 4.79 Å². The predicted molar refractivity (Wildman–Crippen MR) is 106 cm³/mol. The summed E-state index contributed by atoms with van der Waals surface area (Å²) < 4.78 is 5.55. The summed E-state index contributed by atoms with van der Waals surface area (Å²) in [4.78, 5) is 17.0. The average Bonchev–Trinajstić information content (AvgIpc) is 2.67. The molecule has 138 valence electrons. The fourth-order valence-corrected chi connectivity index (χ4v) is 4.11. The number of pyridine rings is 1. The molecule has 2 heterocycles. The third-order valence-corrected chi connectivity index (χ3v) is 5.81. The van der Waals surface area contributed by atoms with E-state index in [0.717, 1.165) is 34.2 Å². The second-order valence-corrected chi connectivity index (χ2v) is 8.12. The van der Waals surface area contributed by atoms with Crippen LogP contribution in [0.25, 0.3) is 0 Å². The number of nitrogens with one attached hydrogen (secondary N) is 1. The van der Waals surface area contributed by atoms with Gasteiger partial charge in [0.1, 0.15) is 0 Å². The molecule has 4 nitrogen and oxygen atoms in total. The van der Waals surface area contributed by atoms with Crippen LogP contribution in [-0.2, 0) is 10.2 Å². The highest BCUT2D eigenvalue weighted by molar-refractivity contribution is 7.99. The highest BCUT2D eigenvalue weighted by atomic mass is 35.5. The molecule has 1 aliphatic rings. The summed E-state index contributed by atoms with van der Waals surface area (Å²) in [5.74, 6) is 0.855. The summed E-state index contributed by atoms with van der Waals surface area (Å²) in [5.41, 5.74) is 1.65. The van der Waals surface area contributed by atoms with Gasteiger partial charge in [-0.25, -0.2) is 4.98 Å². The van der Waals surface area contributed by atoms with Crippen molar-refractivity contribution in [3.63, 3.8) is 0 Å². The number of carbonyl (C=O) groups excluding carboxylic acids is 1. The largest absolute Gasteiger partial charge is 0.381 e. The predicted octanol–water partition coefficient (Wildman–Crippen LogP) is 4.33. The van der Waals surface area contributed by atoms with Crippen LogP contribution < -0.4 is 5.32 Å². The molecule has 0 atom stereocenters. The molecule has 0 radical (unpaired) electrons. The number of thioether (sulfide) groups is 1. The Morgan fingerprint density at radius 1 is 1.31 bits per heavy atom. The number of amides is 1. The lowest BCUT2D eigenvalue weighted by molar-refractivity contribution is 0.0487. The molecule has 1 aromatic heterocycles. The number of hydrogen-bond donors (Lipinski definition) is 1. The molecule has 1 aromatic carbocycles. The van der Waals surface area contributed by atoms with Crippen molar-refractivity contribution in [1.29, 1.82) is 0 Å². The SMILES string of the molecule is CCSc1cc(C(=O)NCC2(c3cccc(Cl)c3)CCOCC2)ccn1. The van der Waals surface area contributed by atoms with Crippen LogP contribution in [-0.4, -0.2) is 36.4 Å². The Morgan fingerprint density at radius 3 is 2.85 bits per heavy atom. The van der Waals surface area contributed by atoms with Crippen LogP contribution in [0.4, 0.5) is 0 Å². The zero-order valence-electron chi connectivity index (χ0n) is 14.8. The molecule has 0 spiro atoms. The van der Waals surface area contributed by atoms with E-state index in [4.69, 9.17) is 16.3 Å². The maximum Gasteiger partial charge on any atom is 0.251 e. The molecule has 1 N–H and O–H groups in total. The summed E-state index contributed by atoms with van der Waals surface area (Å²) in [6.45, 7) is 4.01. The van der Waals surface area contributed by atoms with Crippen molar-refractivity contribution in [3.8, 4) is 0 Å². The maximum absolute atomic E-state index is 12.7. The van der Waals surface area contributed by atoms with Crippen molar-refractivity contribution < 1.29 is 9.53 Å². The van der Waals surface area contributed by atoms with E-state index in [1.165, 1.54) is 0 Å². The minimum absolute atomic E-state index is 0.0711. The molecule has 1 fully saturated rings. The number of ether oxygens (including phenoxy) is 1. The van der Waals surface area contributed by atoms with Crippen molar-refractivity contribution in [2.75, 3.05) is 25.5 Å². The first-order valence-corrected chi connectivity index (χ1v) is 10.2. The second-order valence-electron chi connectivity index (χ2n) is 6.40. The molecule has 2 aromatic rings. The van der Waals surface area contributed by atoms with E-state index in [0.29, 0.717) is 25.3 Å². The number of carbonyl (C=O) groups is 1. The minimum atomic E-state index is -0.146. The summed E-state index contributed by atoms with van der Waals surface area (Å²) in [6.07, 6.45) is 3.41. The lowest BCUT2D eigenvalue weighted by atomic mass is 9.74. The first kappa shape index (κ1) is 19.2. The van der Waals surface area contributed by atoms with E-state index < -0.39 is 0 Å². The first-order chi connectivity index (χ1) is 12.6. The summed E-state index contributed by atoms with van der Waals surface area (Å²) >= 11 is 7.83. The van der Waals surface area contributed by atoms with Crippen LogP contribution in [0.1, 0.15) is 35.7 Å². The molecule has 0 aliphatic carbocycles. The van der Waals surface area contributed by atoms with Crippen LogP contribution in [0.5, 0.6) is 0 Å². The minimum Gasteiger partial charge on any atom is -0.381 e. The molecule has 6 heteroatoms. The number of aromatic nitrogens is 1. The molecule has 0 bridgehead atoms. The van der Waals surface area contributed by atoms with Crippen LogP contribution in [0, 0.1) is 0 Å². The third-order valence-electron chi connectivity index (χ3n) is 4.76. The number of benzene rings is 1. The Kier molecular flexibility index (Phi) is 6.57. The third kappa shape index (κ3) is 4.58. The van der Waals surface area contributed by atoms with Crippen LogP contribution in [0.15, 0.2) is 47.6 Å². The van der Waals surface area contributed by atoms with Crippen molar-refractivity contribution in [2.45, 2.75) is 30.2 Å². The van der Waals surface area contributed by atoms with E-state index in [1.807, 2.05) is 24.3 Å². The van der Waals surface area contributed by atoms with E-state index in [-0.39, 0.29) is 11.3 Å². The van der Waals surface area contributed by atoms with Gasteiger partial charge in [-0.05, 0) is 48.4 Å². The molecule has 26 heavy (non-hydrogen) atoms. The van der Waals surface area contributed by atoms with Crippen LogP contribution >= 0.6 is 23.4 Å². The standard InChI is InChI=1S/C20H23ClN2O2S/c1-2-26-18-12-15(6-9-22-18)19(24)23-14-20(7-10-25-11-8-20)16-4-3-5-17(21)13-16/h3-6,9,12-13H,2,7-8,10-11,14H2,1H3,(H,23,24). The van der Waals surface area contributed by atoms with Crippen LogP contribution in [0.2, 0.25) is 5.02 Å². The smallest absolute Gasteiger partial charge is 0.251 e. The molecule has 0 saturated carbocycles. The molecule has 1 amide bonds. The number of nitrogens with zero attached hydrogens (tertiary/aromatic N) is 1. The molecule has 1 aliphatic heterocycles. The molecule has 3 rings (SSSR count). The maximum atomic E-state index is 12.7. The van der Waals surface area contributed by atoms with Gasteiger partial charge in [0.2, 0.25) is 0 Å². The van der Waals surface area contributed by atoms with Crippen molar-refractivity contribution >= 4 is 29.3 Å². The number of rotatable bonds is 6. The van der Waals surface area contributed by atoms with Gasteiger partial charge >= 0.3 is 0 Å². The fourth-order valence-electron chi connectivity index (χ4n) is 3.28. The monoisotopic (exact) mass is 390 g/mol. The van der Waals surface area contributed by atoms with Gasteiger partial charge in [0.25, 0.3) is 5.91 Å². The van der Waals surface area contributed by atoms with Crippen molar-refractivity contribution in [1.82, 2.24) is 10.3 Å². The van der Waals surface area contributed by atoms with E-state index in [1.54, 1.807) is 24.0 Å². The van der Waals surface area contributed by atoms with Gasteiger partial charge in [0, 0.05) is 42.0 Å². The summed E-state index contributed by atoms with van der Waals surface area (Å²) in [5, 5.41) is 4.71. The molecule has 1 saturated heterocycles. The van der Waals surface area contributed by atoms with Crippen molar-refractivity contribution in [3.05, 3.63) is 58.7 Å². The molecular weight excluding hydrogens is 368 g/mol. The number of halogens is 1. The van der Waals surface area contributed by atoms with E-state index in [9.17, 15) is 4.79 Å². The van der Waals surface area contributed by atoms with E-state index in [2.05, 4.69) is 23.3 Å². The topological polar surface area (TPSA) is 51.2 Å². The highest BCUT2D eigenvalue weighted by Gasteiger charge is 2.35. The lowest BCUT2D eigenvalue weighted by Gasteiger charge is -2.38. The summed E-state index contributed by atoms with van der Waals surface area (Å²) in [7, 11) is 0. The van der Waals surface area contributed by atoms with Gasteiger partial charge in [-0.2, -0.15) is 0 Å². The Labute approximate surface area is 163 Å². The average molecular weight is 391 g/mol. The first-order valence-electron chi connectivity index (χ1n) is 8.84. The zero-order chi connectivity index (χ0) is 18.4. The van der Waals surface area contributed by atoms with Crippen molar-refractivity contribution in [2.24, 2.45) is 0 Å². The molecular formula is C20H23ClN2O2S. The highest BCUT2D eigenvalue weighted by Crippen LogP contribution is 2.35. The fraction of sp³-hybridized carbons (Fsp3) is 0.400. The van der Waals surface area contributed by atoms with Gasteiger partial charge in [-0.1, -0.05) is 30.7 Å². The van der Waals surface area contributed by atoms with Gasteiger partial charge in [0.05, 0.1) is 5.03 Å². The summed E-state index contributed by atoms with van der Waals surface area (Å²) in [6, 6.07) is 11.5. The Hall–Kier alpha value is -1.56. The normalized spacial score (nSPS) is 16.2. The lowest BCUT2D eigenvalue weighted by Crippen LogP contribution is -2.44. The van der Waals surface area contributed by atoms with E-state index >= 15 is 0 Å². The van der Waals surface area contributed by atoms with Gasteiger partial charge in [0.15, 0.2) is 0 Å². The Morgan fingerprint density at radius 2 is 2.12 bits per heavy atom. The number of hydrogen-bond acceptors (Lipinski definition) is 4. The van der Waals surface area contributed by atoms with Crippen LogP contribution in [0.3, 0.4) is 0 Å². The Balaban J connectivity index is 1.76. The van der Waals surface area contributed by atoms with Gasteiger partial charge in [-0.15, -0.1) is 11.8 Å². The Bertz CT molecular complexity index is 763.